The third kappa shape index (κ3) is 3.10. The van der Waals surface area contributed by atoms with Gasteiger partial charge in [-0.05, 0) is 83.3 Å². The van der Waals surface area contributed by atoms with Gasteiger partial charge in [-0.1, -0.05) is 61.5 Å². The van der Waals surface area contributed by atoms with E-state index in [4.69, 9.17) is 9.47 Å². The minimum atomic E-state index is -0.215. The second-order valence-corrected chi connectivity index (χ2v) is 13.2. The van der Waals surface area contributed by atoms with E-state index in [9.17, 15) is 5.21 Å². The molecule has 2 aromatic carbocycles. The van der Waals surface area contributed by atoms with Gasteiger partial charge in [-0.3, -0.25) is 0 Å². The Kier molecular flexibility index (Phi) is 4.83. The van der Waals surface area contributed by atoms with Gasteiger partial charge in [0.15, 0.2) is 0 Å². The SMILES string of the molecule is C[C@]12CC=C3C=C4CC[C@H]([N+]5([O-])CCOCC5)C[C@]45CC[C@]3(O5)[C@@H]1CC[C@@H]2c1ccc2ccccc2c1. The summed E-state index contributed by atoms with van der Waals surface area (Å²) < 4.78 is 12.9. The molecule has 4 heteroatoms. The number of allylic oxidation sites excluding steroid dienone is 1. The van der Waals surface area contributed by atoms with E-state index < -0.39 is 0 Å². The fourth-order valence-corrected chi connectivity index (χ4v) is 9.77. The van der Waals surface area contributed by atoms with E-state index in [0.29, 0.717) is 38.1 Å². The molecule has 0 amide bonds. The van der Waals surface area contributed by atoms with Crippen LogP contribution in [0.2, 0.25) is 0 Å². The molecule has 2 saturated carbocycles. The lowest BCUT2D eigenvalue weighted by Crippen LogP contribution is -2.61. The molecular weight excluding hydrogens is 458 g/mol. The molecule has 4 fully saturated rings. The maximum atomic E-state index is 13.8. The first-order valence-corrected chi connectivity index (χ1v) is 14.7. The number of rotatable bonds is 2. The first-order valence-electron chi connectivity index (χ1n) is 14.7. The highest BCUT2D eigenvalue weighted by Crippen LogP contribution is 2.69. The van der Waals surface area contributed by atoms with Crippen LogP contribution in [-0.2, 0) is 9.47 Å². The van der Waals surface area contributed by atoms with Crippen LogP contribution in [0.4, 0.5) is 0 Å². The van der Waals surface area contributed by atoms with Gasteiger partial charge in [0.2, 0.25) is 0 Å². The molecule has 2 aromatic rings. The summed E-state index contributed by atoms with van der Waals surface area (Å²) >= 11 is 0. The van der Waals surface area contributed by atoms with Crippen molar-refractivity contribution in [3.63, 3.8) is 0 Å². The number of hydrogen-bond acceptors (Lipinski definition) is 3. The fourth-order valence-electron chi connectivity index (χ4n) is 9.77. The van der Waals surface area contributed by atoms with Gasteiger partial charge < -0.3 is 19.3 Å². The lowest BCUT2D eigenvalue weighted by molar-refractivity contribution is -0.914. The van der Waals surface area contributed by atoms with E-state index in [2.05, 4.69) is 61.5 Å². The third-order valence-corrected chi connectivity index (χ3v) is 11.7. The highest BCUT2D eigenvalue weighted by atomic mass is 16.6. The quantitative estimate of drug-likeness (QED) is 0.339. The van der Waals surface area contributed by atoms with Gasteiger partial charge in [0.05, 0.1) is 30.5 Å². The molecule has 2 saturated heterocycles. The Morgan fingerprint density at radius 3 is 2.68 bits per heavy atom. The summed E-state index contributed by atoms with van der Waals surface area (Å²) in [6, 6.07) is 16.0. The molecule has 6 aliphatic rings. The molecule has 0 radical (unpaired) electrons. The van der Waals surface area contributed by atoms with Crippen molar-refractivity contribution in [3.05, 3.63) is 76.5 Å². The summed E-state index contributed by atoms with van der Waals surface area (Å²) in [5.74, 6) is 1.09. The average Bonchev–Trinajstić information content (AvgIpc) is 3.43. The van der Waals surface area contributed by atoms with Crippen molar-refractivity contribution in [2.75, 3.05) is 26.3 Å². The smallest absolute Gasteiger partial charge is 0.102 e. The zero-order valence-corrected chi connectivity index (χ0v) is 22.1. The second-order valence-electron chi connectivity index (χ2n) is 13.2. The van der Waals surface area contributed by atoms with Crippen LogP contribution in [-0.4, -0.2) is 48.2 Å². The third-order valence-electron chi connectivity index (χ3n) is 11.7. The highest BCUT2D eigenvalue weighted by Gasteiger charge is 2.67. The molecule has 2 bridgehead atoms. The van der Waals surface area contributed by atoms with Crippen LogP contribution in [0.3, 0.4) is 0 Å². The molecule has 0 N–H and O–H groups in total. The Morgan fingerprint density at radius 2 is 1.81 bits per heavy atom. The monoisotopic (exact) mass is 497 g/mol. The van der Waals surface area contributed by atoms with Crippen LogP contribution < -0.4 is 0 Å². The van der Waals surface area contributed by atoms with E-state index in [1.165, 1.54) is 40.3 Å². The van der Waals surface area contributed by atoms with Crippen LogP contribution in [0.25, 0.3) is 10.8 Å². The minimum absolute atomic E-state index is 0.0702. The van der Waals surface area contributed by atoms with Gasteiger partial charge in [-0.2, -0.15) is 0 Å². The van der Waals surface area contributed by atoms with Crippen molar-refractivity contribution < 1.29 is 14.1 Å². The van der Waals surface area contributed by atoms with Crippen LogP contribution >= 0.6 is 0 Å². The first-order chi connectivity index (χ1) is 17.9. The van der Waals surface area contributed by atoms with E-state index >= 15 is 0 Å². The first kappa shape index (κ1) is 23.0. The zero-order chi connectivity index (χ0) is 24.9. The molecule has 6 atom stereocenters. The number of morpholine rings is 1. The minimum Gasteiger partial charge on any atom is -0.632 e. The average molecular weight is 498 g/mol. The van der Waals surface area contributed by atoms with Crippen molar-refractivity contribution in [1.29, 1.82) is 0 Å². The van der Waals surface area contributed by atoms with Crippen molar-refractivity contribution in [3.8, 4) is 0 Å². The van der Waals surface area contributed by atoms with Crippen LogP contribution in [0.1, 0.15) is 69.8 Å². The normalized spacial score (nSPS) is 41.9. The van der Waals surface area contributed by atoms with Crippen molar-refractivity contribution in [2.24, 2.45) is 11.3 Å². The standard InChI is InChI=1S/C33H39NO3/c1-31-13-12-27-21-26-8-9-28(34(35)16-18-36-19-17-34)22-32(26)14-15-33(27,37-32)30(31)11-10-29(31)25-7-6-23-4-2-3-5-24(23)20-25/h2-7,12,20-21,28-30H,8-11,13-19,22H2,1H3/t28-,29+,30+,31+,32+,33+/m0/s1. The number of quaternary nitrogens is 1. The molecule has 3 heterocycles. The van der Waals surface area contributed by atoms with Gasteiger partial charge in [-0.15, -0.1) is 0 Å². The molecule has 3 aliphatic carbocycles. The Bertz CT molecular complexity index is 1320. The topological polar surface area (TPSA) is 41.5 Å². The van der Waals surface area contributed by atoms with Gasteiger partial charge in [0.25, 0.3) is 0 Å². The van der Waals surface area contributed by atoms with Gasteiger partial charge in [-0.25, -0.2) is 0 Å². The molecule has 37 heavy (non-hydrogen) atoms. The van der Waals surface area contributed by atoms with Crippen LogP contribution in [0.5, 0.6) is 0 Å². The van der Waals surface area contributed by atoms with E-state index in [-0.39, 0.29) is 27.3 Å². The number of nitrogens with zero attached hydrogens (tertiary/aromatic N) is 1. The van der Waals surface area contributed by atoms with Gasteiger partial charge >= 0.3 is 0 Å². The van der Waals surface area contributed by atoms with Crippen LogP contribution in [0.15, 0.2) is 65.8 Å². The molecule has 2 spiro atoms. The number of benzene rings is 2. The second kappa shape index (κ2) is 7.79. The van der Waals surface area contributed by atoms with Gasteiger partial charge in [0, 0.05) is 12.8 Å². The Labute approximate surface area is 220 Å². The number of hydroxylamine groups is 3. The van der Waals surface area contributed by atoms with Crippen molar-refractivity contribution in [1.82, 2.24) is 0 Å². The van der Waals surface area contributed by atoms with Crippen LogP contribution in [0, 0.1) is 16.5 Å². The molecule has 3 aliphatic heterocycles. The van der Waals surface area contributed by atoms with E-state index in [1.807, 2.05) is 0 Å². The summed E-state index contributed by atoms with van der Waals surface area (Å²) in [6.07, 6.45) is 13.8. The summed E-state index contributed by atoms with van der Waals surface area (Å²) in [4.78, 5) is 0. The number of hydrogen-bond donors (Lipinski definition) is 0. The van der Waals surface area contributed by atoms with Crippen molar-refractivity contribution >= 4 is 10.8 Å². The zero-order valence-electron chi connectivity index (χ0n) is 22.1. The van der Waals surface area contributed by atoms with Crippen molar-refractivity contribution in [2.45, 2.75) is 81.5 Å². The molecule has 194 valence electrons. The predicted molar refractivity (Wildman–Crippen MR) is 146 cm³/mol. The fraction of sp³-hybridized carbons (Fsp3) is 0.576. The highest BCUT2D eigenvalue weighted by molar-refractivity contribution is 5.83. The Morgan fingerprint density at radius 1 is 0.973 bits per heavy atom. The maximum Gasteiger partial charge on any atom is 0.102 e. The predicted octanol–water partition coefficient (Wildman–Crippen LogP) is 6.80. The summed E-state index contributed by atoms with van der Waals surface area (Å²) in [7, 11) is 0. The number of fused-ring (bicyclic) bond motifs is 2. The lowest BCUT2D eigenvalue weighted by atomic mass is 9.58. The Balaban J connectivity index is 1.14. The largest absolute Gasteiger partial charge is 0.632 e. The van der Waals surface area contributed by atoms with Gasteiger partial charge in [0.1, 0.15) is 13.1 Å². The molecule has 0 aromatic heterocycles. The molecule has 4 nitrogen and oxygen atoms in total. The molecule has 8 rings (SSSR count). The summed E-state index contributed by atoms with van der Waals surface area (Å²) in [5, 5.41) is 16.5. The maximum absolute atomic E-state index is 13.8. The van der Waals surface area contributed by atoms with E-state index in [0.717, 1.165) is 38.5 Å². The summed E-state index contributed by atoms with van der Waals surface area (Å²) in [6.45, 7) is 4.96. The molecular formula is C33H39NO3. The Hall–Kier alpha value is -1.98. The number of ether oxygens (including phenoxy) is 2. The van der Waals surface area contributed by atoms with E-state index in [1.54, 1.807) is 0 Å². The summed E-state index contributed by atoms with van der Waals surface area (Å²) in [5.41, 5.74) is 4.27. The molecule has 0 unspecified atom stereocenters. The lowest BCUT2D eigenvalue weighted by Gasteiger charge is -2.57.